The lowest BCUT2D eigenvalue weighted by molar-refractivity contribution is 0.0997. The molecule has 3 aromatic carbocycles. The maximum absolute atomic E-state index is 11.2. The first-order valence-corrected chi connectivity index (χ1v) is 10.7. The van der Waals surface area contributed by atoms with E-state index in [1.54, 1.807) is 42.9 Å². The van der Waals surface area contributed by atoms with Crippen molar-refractivity contribution < 1.29 is 19.4 Å². The van der Waals surface area contributed by atoms with Crippen molar-refractivity contribution in [1.82, 2.24) is 14.5 Å². The van der Waals surface area contributed by atoms with Crippen LogP contribution < -0.4 is 15.8 Å². The molecule has 0 atom stereocenters. The quantitative estimate of drug-likeness (QED) is 0.321. The van der Waals surface area contributed by atoms with E-state index < -0.39 is 12.0 Å². The summed E-state index contributed by atoms with van der Waals surface area (Å²) in [5, 5.41) is 12.1. The number of methoxy groups -OCH3 is 1. The summed E-state index contributed by atoms with van der Waals surface area (Å²) >= 11 is 6.00. The second kappa shape index (κ2) is 10.1. The molecule has 0 spiro atoms. The molecule has 0 aliphatic heterocycles. The fourth-order valence-electron chi connectivity index (χ4n) is 3.50. The zero-order chi connectivity index (χ0) is 24.9. The number of aromatic nitrogens is 3. The molecule has 9 nitrogen and oxygen atoms in total. The number of carbonyl (C=O) groups excluding carboxylic acids is 1. The Morgan fingerprint density at radius 3 is 2.46 bits per heavy atom. The minimum absolute atomic E-state index is 0.296. The van der Waals surface area contributed by atoms with E-state index in [2.05, 4.69) is 15.3 Å². The summed E-state index contributed by atoms with van der Waals surface area (Å²) < 4.78 is 7.03. The van der Waals surface area contributed by atoms with Gasteiger partial charge < -0.3 is 15.6 Å². The third-order valence-electron chi connectivity index (χ3n) is 5.13. The van der Waals surface area contributed by atoms with Gasteiger partial charge in [0.2, 0.25) is 0 Å². The molecule has 0 aliphatic rings. The number of primary amides is 1. The van der Waals surface area contributed by atoms with Crippen molar-refractivity contribution in [3.05, 3.63) is 89.8 Å². The van der Waals surface area contributed by atoms with Crippen molar-refractivity contribution >= 4 is 51.2 Å². The number of nitrogens with two attached hydrogens (primary N) is 1. The maximum Gasteiger partial charge on any atom is 0.409 e. The topological polar surface area (TPSA) is 132 Å². The molecule has 0 aliphatic carbocycles. The van der Waals surface area contributed by atoms with E-state index in [1.165, 1.54) is 7.11 Å². The summed E-state index contributed by atoms with van der Waals surface area (Å²) in [6.07, 6.45) is 2.28. The summed E-state index contributed by atoms with van der Waals surface area (Å²) in [4.78, 5) is 30.2. The van der Waals surface area contributed by atoms with Crippen LogP contribution in [0.1, 0.15) is 10.4 Å². The molecule has 0 saturated heterocycles. The van der Waals surface area contributed by atoms with Crippen LogP contribution >= 0.6 is 11.6 Å². The van der Waals surface area contributed by atoms with Gasteiger partial charge in [-0.15, -0.1) is 0 Å². The fourth-order valence-corrected chi connectivity index (χ4v) is 3.70. The Morgan fingerprint density at radius 2 is 1.77 bits per heavy atom. The van der Waals surface area contributed by atoms with E-state index in [0.29, 0.717) is 32.9 Å². The van der Waals surface area contributed by atoms with Crippen LogP contribution in [0.2, 0.25) is 5.02 Å². The van der Waals surface area contributed by atoms with Crippen molar-refractivity contribution in [2.75, 3.05) is 12.4 Å². The molecule has 4 N–H and O–H groups in total. The SMILES string of the molecule is COc1cc2nccc(Cl)c2cc1C(N)=O.O=C(O)Nc1ccc(-n2cnc3ccccc32)cc1. The van der Waals surface area contributed by atoms with Gasteiger partial charge in [-0.05, 0) is 48.5 Å². The Balaban J connectivity index is 0.000000168. The number of imidazole rings is 1. The van der Waals surface area contributed by atoms with Gasteiger partial charge in [0.25, 0.3) is 5.91 Å². The number of fused-ring (bicyclic) bond motifs is 2. The number of nitrogens with zero attached hydrogens (tertiary/aromatic N) is 3. The van der Waals surface area contributed by atoms with E-state index in [0.717, 1.165) is 16.7 Å². The van der Waals surface area contributed by atoms with Crippen LogP contribution in [0.5, 0.6) is 5.75 Å². The average molecular weight is 490 g/mol. The Morgan fingerprint density at radius 1 is 1.03 bits per heavy atom. The maximum atomic E-state index is 11.2. The highest BCUT2D eigenvalue weighted by atomic mass is 35.5. The number of pyridine rings is 1. The van der Waals surface area contributed by atoms with E-state index in [4.69, 9.17) is 27.2 Å². The van der Waals surface area contributed by atoms with Crippen LogP contribution in [-0.4, -0.2) is 38.8 Å². The number of hydrogen-bond acceptors (Lipinski definition) is 5. The van der Waals surface area contributed by atoms with E-state index in [9.17, 15) is 9.59 Å². The smallest absolute Gasteiger partial charge is 0.409 e. The molecule has 0 radical (unpaired) electrons. The number of para-hydroxylation sites is 2. The van der Waals surface area contributed by atoms with E-state index in [1.807, 2.05) is 41.0 Å². The Bertz CT molecular complexity index is 1530. The number of halogens is 1. The third kappa shape index (κ3) is 5.15. The summed E-state index contributed by atoms with van der Waals surface area (Å²) in [6, 6.07) is 19.9. The number of nitrogens with one attached hydrogen (secondary N) is 1. The largest absolute Gasteiger partial charge is 0.496 e. The number of carbonyl (C=O) groups is 2. The number of rotatable bonds is 4. The van der Waals surface area contributed by atoms with Gasteiger partial charge in [0.15, 0.2) is 0 Å². The van der Waals surface area contributed by atoms with Gasteiger partial charge in [0.1, 0.15) is 12.1 Å². The first kappa shape index (κ1) is 23.5. The monoisotopic (exact) mass is 489 g/mol. The zero-order valence-corrected chi connectivity index (χ0v) is 19.2. The number of anilines is 1. The number of carboxylic acid groups (broad SMARTS) is 1. The average Bonchev–Trinajstić information content (AvgIpc) is 3.28. The number of ether oxygens (including phenoxy) is 1. The molecule has 0 fully saturated rings. The van der Waals surface area contributed by atoms with Gasteiger partial charge in [-0.2, -0.15) is 0 Å². The highest BCUT2D eigenvalue weighted by Crippen LogP contribution is 2.28. The predicted octanol–water partition coefficient (Wildman–Crippen LogP) is 5.11. The standard InChI is InChI=1S/C14H11N3O2.C11H9ClN2O2/c18-14(19)16-10-5-7-11(8-6-10)17-9-15-12-3-1-2-4-13(12)17;1-16-10-5-9-6(4-7(10)11(13)15)8(12)2-3-14-9/h1-9,16H,(H,18,19);2-5H,1H3,(H2,13,15). The normalized spacial score (nSPS) is 10.5. The molecule has 2 heterocycles. The fraction of sp³-hybridized carbons (Fsp3) is 0.0400. The highest BCUT2D eigenvalue weighted by Gasteiger charge is 2.12. The molecule has 2 aromatic heterocycles. The summed E-state index contributed by atoms with van der Waals surface area (Å²) in [6.45, 7) is 0. The van der Waals surface area contributed by atoms with E-state index >= 15 is 0 Å². The molecule has 0 saturated carbocycles. The minimum atomic E-state index is -1.07. The lowest BCUT2D eigenvalue weighted by Crippen LogP contribution is -2.12. The van der Waals surface area contributed by atoms with Gasteiger partial charge in [0.05, 0.1) is 34.2 Å². The van der Waals surface area contributed by atoms with Crippen molar-refractivity contribution in [1.29, 1.82) is 0 Å². The predicted molar refractivity (Wildman–Crippen MR) is 135 cm³/mol. The molecule has 0 unspecified atom stereocenters. The first-order valence-electron chi connectivity index (χ1n) is 10.3. The Hall–Kier alpha value is -4.63. The van der Waals surface area contributed by atoms with Gasteiger partial charge in [0, 0.05) is 29.0 Å². The van der Waals surface area contributed by atoms with Crippen LogP contribution in [0.3, 0.4) is 0 Å². The van der Waals surface area contributed by atoms with Crippen LogP contribution in [0, 0.1) is 0 Å². The number of benzene rings is 3. The molecule has 35 heavy (non-hydrogen) atoms. The van der Waals surface area contributed by atoms with Crippen LogP contribution in [0.4, 0.5) is 10.5 Å². The molecular weight excluding hydrogens is 470 g/mol. The summed E-state index contributed by atoms with van der Waals surface area (Å²) in [7, 11) is 1.47. The van der Waals surface area contributed by atoms with E-state index in [-0.39, 0.29) is 0 Å². The van der Waals surface area contributed by atoms with Crippen molar-refractivity contribution in [2.24, 2.45) is 5.73 Å². The first-order chi connectivity index (χ1) is 16.9. The molecule has 176 valence electrons. The summed E-state index contributed by atoms with van der Waals surface area (Å²) in [5.74, 6) is -0.159. The summed E-state index contributed by atoms with van der Waals surface area (Å²) in [5.41, 5.74) is 9.62. The number of amides is 2. The Kier molecular flexibility index (Phi) is 6.79. The molecule has 2 amide bonds. The molecule has 5 rings (SSSR count). The molecule has 5 aromatic rings. The van der Waals surface area contributed by atoms with Crippen LogP contribution in [-0.2, 0) is 0 Å². The second-order valence-electron chi connectivity index (χ2n) is 7.31. The lowest BCUT2D eigenvalue weighted by atomic mass is 10.1. The van der Waals surface area contributed by atoms with Crippen molar-refractivity contribution in [3.8, 4) is 11.4 Å². The lowest BCUT2D eigenvalue weighted by Gasteiger charge is -2.07. The third-order valence-corrected chi connectivity index (χ3v) is 5.45. The minimum Gasteiger partial charge on any atom is -0.496 e. The molecule has 0 bridgehead atoms. The Labute approximate surface area is 204 Å². The van der Waals surface area contributed by atoms with Gasteiger partial charge in [-0.3, -0.25) is 19.7 Å². The zero-order valence-electron chi connectivity index (χ0n) is 18.5. The van der Waals surface area contributed by atoms with Crippen molar-refractivity contribution in [3.63, 3.8) is 0 Å². The van der Waals surface area contributed by atoms with Gasteiger partial charge in [-0.1, -0.05) is 23.7 Å². The van der Waals surface area contributed by atoms with Crippen LogP contribution in [0.25, 0.3) is 27.6 Å². The van der Waals surface area contributed by atoms with Crippen LogP contribution in [0.15, 0.2) is 79.3 Å². The molecule has 10 heteroatoms. The number of hydrogen-bond donors (Lipinski definition) is 3. The van der Waals surface area contributed by atoms with Gasteiger partial charge >= 0.3 is 6.09 Å². The van der Waals surface area contributed by atoms with Crippen molar-refractivity contribution in [2.45, 2.75) is 0 Å². The second-order valence-corrected chi connectivity index (χ2v) is 7.71. The highest BCUT2D eigenvalue weighted by molar-refractivity contribution is 6.35. The van der Waals surface area contributed by atoms with Gasteiger partial charge in [-0.25, -0.2) is 9.78 Å². The molecular formula is C25H20ClN5O4.